The van der Waals surface area contributed by atoms with Gasteiger partial charge >= 0.3 is 0 Å². The van der Waals surface area contributed by atoms with E-state index in [9.17, 15) is 13.2 Å². The second-order valence-corrected chi connectivity index (χ2v) is 9.05. The third-order valence-electron chi connectivity index (χ3n) is 4.25. The summed E-state index contributed by atoms with van der Waals surface area (Å²) in [6.45, 7) is 2.64. The van der Waals surface area contributed by atoms with Crippen molar-refractivity contribution in [2.45, 2.75) is 24.0 Å². The molecule has 1 saturated heterocycles. The van der Waals surface area contributed by atoms with E-state index in [0.717, 1.165) is 11.3 Å². The van der Waals surface area contributed by atoms with Crippen molar-refractivity contribution in [2.75, 3.05) is 18.4 Å². The zero-order chi connectivity index (χ0) is 17.2. The summed E-state index contributed by atoms with van der Waals surface area (Å²) in [5.74, 6) is -0.441. The number of rotatable bonds is 4. The van der Waals surface area contributed by atoms with Crippen LogP contribution in [-0.2, 0) is 14.8 Å². The number of carbonyl (C=O) groups excluding carboxylic acids is 1. The summed E-state index contributed by atoms with van der Waals surface area (Å²) < 4.78 is 27.0. The SMILES string of the molecule is Cc1ccccc1NC(=O)[C@@H]1CCCN(S(=O)(=O)c2cccs2)C1. The van der Waals surface area contributed by atoms with Crippen molar-refractivity contribution in [3.05, 3.63) is 47.3 Å². The molecule has 1 atom stereocenters. The molecule has 2 heterocycles. The van der Waals surface area contributed by atoms with Gasteiger partial charge in [0.25, 0.3) is 10.0 Å². The number of benzene rings is 1. The van der Waals surface area contributed by atoms with Crippen molar-refractivity contribution in [3.8, 4) is 0 Å². The molecule has 0 unspecified atom stereocenters. The number of anilines is 1. The zero-order valence-corrected chi connectivity index (χ0v) is 15.1. The van der Waals surface area contributed by atoms with Gasteiger partial charge in [0.1, 0.15) is 4.21 Å². The first-order valence-corrected chi connectivity index (χ1v) is 10.2. The van der Waals surface area contributed by atoms with Gasteiger partial charge in [-0.2, -0.15) is 4.31 Å². The quantitative estimate of drug-likeness (QED) is 0.906. The Labute approximate surface area is 146 Å². The third kappa shape index (κ3) is 3.53. The van der Waals surface area contributed by atoms with Gasteiger partial charge in [0.05, 0.1) is 5.92 Å². The minimum atomic E-state index is -3.49. The molecule has 1 aliphatic rings. The molecule has 2 aromatic rings. The Hall–Kier alpha value is -1.70. The molecule has 0 saturated carbocycles. The van der Waals surface area contributed by atoms with E-state index in [-0.39, 0.29) is 18.4 Å². The maximum atomic E-state index is 12.6. The van der Waals surface area contributed by atoms with Gasteiger partial charge in [0, 0.05) is 18.8 Å². The van der Waals surface area contributed by atoms with Gasteiger partial charge < -0.3 is 5.32 Å². The lowest BCUT2D eigenvalue weighted by atomic mass is 9.98. The molecule has 24 heavy (non-hydrogen) atoms. The molecule has 1 aliphatic heterocycles. The number of thiophene rings is 1. The first-order valence-electron chi connectivity index (χ1n) is 7.88. The highest BCUT2D eigenvalue weighted by Crippen LogP contribution is 2.27. The number of nitrogens with zero attached hydrogens (tertiary/aromatic N) is 1. The van der Waals surface area contributed by atoms with Gasteiger partial charge in [-0.05, 0) is 42.8 Å². The van der Waals surface area contributed by atoms with Crippen LogP contribution in [0.25, 0.3) is 0 Å². The summed E-state index contributed by atoms with van der Waals surface area (Å²) in [4.78, 5) is 12.5. The van der Waals surface area contributed by atoms with Crippen LogP contribution in [0.2, 0.25) is 0 Å². The normalized spacial score (nSPS) is 19.1. The number of hydrogen-bond acceptors (Lipinski definition) is 4. The summed E-state index contributed by atoms with van der Waals surface area (Å²) in [7, 11) is -3.49. The highest BCUT2D eigenvalue weighted by Gasteiger charge is 2.33. The minimum Gasteiger partial charge on any atom is -0.326 e. The van der Waals surface area contributed by atoms with Gasteiger partial charge in [-0.25, -0.2) is 8.42 Å². The van der Waals surface area contributed by atoms with Gasteiger partial charge in [-0.15, -0.1) is 11.3 Å². The van der Waals surface area contributed by atoms with Crippen LogP contribution in [0.4, 0.5) is 5.69 Å². The average molecular weight is 364 g/mol. The van der Waals surface area contributed by atoms with E-state index < -0.39 is 10.0 Å². The summed E-state index contributed by atoms with van der Waals surface area (Å²) in [5.41, 5.74) is 1.77. The molecule has 1 N–H and O–H groups in total. The van der Waals surface area contributed by atoms with Crippen LogP contribution in [-0.4, -0.2) is 31.7 Å². The van der Waals surface area contributed by atoms with E-state index in [4.69, 9.17) is 0 Å². The Balaban J connectivity index is 1.72. The van der Waals surface area contributed by atoms with Gasteiger partial charge in [0.2, 0.25) is 5.91 Å². The number of aryl methyl sites for hydroxylation is 1. The summed E-state index contributed by atoms with van der Waals surface area (Å²) in [5, 5.41) is 4.68. The molecule has 0 aliphatic carbocycles. The highest BCUT2D eigenvalue weighted by atomic mass is 32.2. The fraction of sp³-hybridized carbons (Fsp3) is 0.353. The van der Waals surface area contributed by atoms with Crippen molar-refractivity contribution in [2.24, 2.45) is 5.92 Å². The second-order valence-electron chi connectivity index (χ2n) is 5.94. The Kier molecular flexibility index (Phi) is 5.03. The maximum Gasteiger partial charge on any atom is 0.252 e. The summed E-state index contributed by atoms with van der Waals surface area (Å²) >= 11 is 1.21. The fourth-order valence-electron chi connectivity index (χ4n) is 2.86. The van der Waals surface area contributed by atoms with Gasteiger partial charge in [-0.3, -0.25) is 4.79 Å². The predicted molar refractivity (Wildman–Crippen MR) is 95.6 cm³/mol. The zero-order valence-electron chi connectivity index (χ0n) is 13.4. The Morgan fingerprint density at radius 3 is 2.75 bits per heavy atom. The van der Waals surface area contributed by atoms with Crippen molar-refractivity contribution < 1.29 is 13.2 Å². The van der Waals surface area contributed by atoms with E-state index in [1.54, 1.807) is 17.5 Å². The number of amides is 1. The number of piperidine rings is 1. The van der Waals surface area contributed by atoms with Crippen LogP contribution >= 0.6 is 11.3 Å². The van der Waals surface area contributed by atoms with Crippen LogP contribution < -0.4 is 5.32 Å². The molecule has 3 rings (SSSR count). The first kappa shape index (κ1) is 17.1. The first-order chi connectivity index (χ1) is 11.5. The van der Waals surface area contributed by atoms with Crippen LogP contribution in [0, 0.1) is 12.8 Å². The largest absolute Gasteiger partial charge is 0.326 e. The molecular formula is C17H20N2O3S2. The molecular weight excluding hydrogens is 344 g/mol. The molecule has 128 valence electrons. The minimum absolute atomic E-state index is 0.115. The molecule has 1 amide bonds. The third-order valence-corrected chi connectivity index (χ3v) is 7.49. The van der Waals surface area contributed by atoms with Crippen molar-refractivity contribution >= 4 is 33.0 Å². The monoisotopic (exact) mass is 364 g/mol. The van der Waals surface area contributed by atoms with Gasteiger partial charge in [0.15, 0.2) is 0 Å². The molecule has 5 nitrogen and oxygen atoms in total. The van der Waals surface area contributed by atoms with Crippen LogP contribution in [0.3, 0.4) is 0 Å². The van der Waals surface area contributed by atoms with Crippen LogP contribution in [0.1, 0.15) is 18.4 Å². The molecule has 0 spiro atoms. The smallest absolute Gasteiger partial charge is 0.252 e. The Morgan fingerprint density at radius 2 is 2.04 bits per heavy atom. The summed E-state index contributed by atoms with van der Waals surface area (Å²) in [6, 6.07) is 10.9. The lowest BCUT2D eigenvalue weighted by Gasteiger charge is -2.30. The van der Waals surface area contributed by atoms with E-state index in [1.807, 2.05) is 31.2 Å². The van der Waals surface area contributed by atoms with E-state index in [0.29, 0.717) is 23.6 Å². The number of para-hydroxylation sites is 1. The summed E-state index contributed by atoms with van der Waals surface area (Å²) in [6.07, 6.45) is 1.39. The molecule has 1 aromatic heterocycles. The number of hydrogen-bond donors (Lipinski definition) is 1. The lowest BCUT2D eigenvalue weighted by molar-refractivity contribution is -0.120. The Morgan fingerprint density at radius 1 is 1.25 bits per heavy atom. The van der Waals surface area contributed by atoms with E-state index in [1.165, 1.54) is 15.6 Å². The molecule has 1 fully saturated rings. The average Bonchev–Trinajstić information content (AvgIpc) is 3.12. The number of nitrogens with one attached hydrogen (secondary N) is 1. The lowest BCUT2D eigenvalue weighted by Crippen LogP contribution is -2.43. The van der Waals surface area contributed by atoms with E-state index in [2.05, 4.69) is 5.32 Å². The van der Waals surface area contributed by atoms with Gasteiger partial charge in [-0.1, -0.05) is 24.3 Å². The Bertz CT molecular complexity index is 816. The van der Waals surface area contributed by atoms with Crippen LogP contribution in [0.15, 0.2) is 46.0 Å². The fourth-order valence-corrected chi connectivity index (χ4v) is 5.53. The van der Waals surface area contributed by atoms with Crippen molar-refractivity contribution in [3.63, 3.8) is 0 Å². The maximum absolute atomic E-state index is 12.6. The molecule has 0 bridgehead atoms. The number of sulfonamides is 1. The second kappa shape index (κ2) is 7.04. The van der Waals surface area contributed by atoms with Crippen molar-refractivity contribution in [1.82, 2.24) is 4.31 Å². The topological polar surface area (TPSA) is 66.5 Å². The highest BCUT2D eigenvalue weighted by molar-refractivity contribution is 7.91. The molecule has 1 aromatic carbocycles. The van der Waals surface area contributed by atoms with Crippen molar-refractivity contribution in [1.29, 1.82) is 0 Å². The van der Waals surface area contributed by atoms with E-state index >= 15 is 0 Å². The van der Waals surface area contributed by atoms with Crippen LogP contribution in [0.5, 0.6) is 0 Å². The molecule has 0 radical (unpaired) electrons. The number of carbonyl (C=O) groups is 1. The standard InChI is InChI=1S/C17H20N2O3S2/c1-13-6-2-3-8-15(13)18-17(20)14-7-4-10-19(12-14)24(21,22)16-9-5-11-23-16/h2-3,5-6,8-9,11,14H,4,7,10,12H2,1H3,(H,18,20)/t14-/m1/s1. The molecule has 7 heteroatoms. The predicted octanol–water partition coefficient (Wildman–Crippen LogP) is 3.10.